The second kappa shape index (κ2) is 8.33. The first-order valence-corrected chi connectivity index (χ1v) is 11.2. The van der Waals surface area contributed by atoms with Crippen LogP contribution in [0.3, 0.4) is 0 Å². The lowest BCUT2D eigenvalue weighted by atomic mass is 9.92. The van der Waals surface area contributed by atoms with Gasteiger partial charge in [0.1, 0.15) is 5.54 Å². The predicted octanol–water partition coefficient (Wildman–Crippen LogP) is 2.70. The molecule has 0 bridgehead atoms. The lowest BCUT2D eigenvalue weighted by molar-refractivity contribution is -0.140. The summed E-state index contributed by atoms with van der Waals surface area (Å²) in [4.78, 5) is 53.6. The van der Waals surface area contributed by atoms with Crippen molar-refractivity contribution in [1.82, 2.24) is 20.7 Å². The van der Waals surface area contributed by atoms with Gasteiger partial charge in [-0.1, -0.05) is 30.3 Å². The molecule has 174 valence electrons. The van der Waals surface area contributed by atoms with Crippen molar-refractivity contribution in [2.75, 3.05) is 6.61 Å². The van der Waals surface area contributed by atoms with Crippen LogP contribution >= 0.6 is 0 Å². The molecule has 1 aliphatic carbocycles. The number of esters is 1. The molecule has 2 heterocycles. The van der Waals surface area contributed by atoms with Crippen molar-refractivity contribution in [3.05, 3.63) is 70.9 Å². The number of hydrazine groups is 1. The summed E-state index contributed by atoms with van der Waals surface area (Å²) in [5.41, 5.74) is 5.24. The molecule has 1 aromatic heterocycles. The Morgan fingerprint density at radius 2 is 1.85 bits per heavy atom. The molecular formula is C25H24N4O5. The van der Waals surface area contributed by atoms with E-state index in [-0.39, 0.29) is 0 Å². The summed E-state index contributed by atoms with van der Waals surface area (Å²) < 4.78 is 5.15. The molecule has 5 rings (SSSR count). The maximum absolute atomic E-state index is 12.9. The van der Waals surface area contributed by atoms with Gasteiger partial charge in [0.25, 0.3) is 11.8 Å². The van der Waals surface area contributed by atoms with Crippen LogP contribution in [0.1, 0.15) is 46.9 Å². The largest absolute Gasteiger partial charge is 0.452 e. The van der Waals surface area contributed by atoms with Gasteiger partial charge in [-0.3, -0.25) is 15.0 Å². The highest BCUT2D eigenvalue weighted by Crippen LogP contribution is 2.30. The standard InChI is InChI=1S/C25H24N4O5/c1-25(16-7-3-2-4-8-16)23(32)29(24(33)27-25)28-21(30)14-34-22(31)15-11-12-20-18(13-15)17-9-5-6-10-19(17)26-20/h2-4,7-8,11-13,26H,5-6,9-10,14H2,1H3,(H,27,33)(H,28,30)/t25-/m0/s1. The van der Waals surface area contributed by atoms with Crippen LogP contribution in [-0.4, -0.2) is 40.4 Å². The molecule has 3 N–H and O–H groups in total. The summed E-state index contributed by atoms with van der Waals surface area (Å²) >= 11 is 0. The number of hydrogen-bond acceptors (Lipinski definition) is 5. The fraction of sp³-hybridized carbons (Fsp3) is 0.280. The number of hydrogen-bond donors (Lipinski definition) is 3. The molecule has 0 spiro atoms. The van der Waals surface area contributed by atoms with E-state index < -0.39 is 36.0 Å². The molecule has 3 aromatic rings. The van der Waals surface area contributed by atoms with Crippen molar-refractivity contribution < 1.29 is 23.9 Å². The minimum atomic E-state index is -1.31. The smallest absolute Gasteiger partial charge is 0.344 e. The monoisotopic (exact) mass is 460 g/mol. The third kappa shape index (κ3) is 3.68. The van der Waals surface area contributed by atoms with E-state index in [4.69, 9.17) is 4.74 Å². The number of rotatable bonds is 5. The second-order valence-electron chi connectivity index (χ2n) is 8.72. The molecule has 2 aliphatic rings. The Balaban J connectivity index is 1.23. The quantitative estimate of drug-likeness (QED) is 0.399. The van der Waals surface area contributed by atoms with Gasteiger partial charge < -0.3 is 15.0 Å². The fourth-order valence-corrected chi connectivity index (χ4v) is 4.61. The van der Waals surface area contributed by atoms with E-state index in [0.717, 1.165) is 36.6 Å². The average Bonchev–Trinajstić information content (AvgIpc) is 3.33. The van der Waals surface area contributed by atoms with Crippen LogP contribution in [0.2, 0.25) is 0 Å². The minimum Gasteiger partial charge on any atom is -0.452 e. The number of aromatic nitrogens is 1. The molecule has 4 amide bonds. The van der Waals surface area contributed by atoms with Gasteiger partial charge in [0.15, 0.2) is 6.61 Å². The number of aromatic amines is 1. The summed E-state index contributed by atoms with van der Waals surface area (Å²) in [6.07, 6.45) is 4.22. The molecule has 9 nitrogen and oxygen atoms in total. The van der Waals surface area contributed by atoms with Gasteiger partial charge in [0, 0.05) is 16.6 Å². The molecule has 1 fully saturated rings. The lowest BCUT2D eigenvalue weighted by Crippen LogP contribution is -2.49. The van der Waals surface area contributed by atoms with Gasteiger partial charge in [0.05, 0.1) is 5.56 Å². The molecule has 0 saturated carbocycles. The Morgan fingerprint density at radius 1 is 1.09 bits per heavy atom. The number of aryl methyl sites for hydroxylation is 2. The zero-order valence-electron chi connectivity index (χ0n) is 18.6. The first-order chi connectivity index (χ1) is 16.4. The molecule has 9 heteroatoms. The first kappa shape index (κ1) is 21.7. The zero-order valence-corrected chi connectivity index (χ0v) is 18.6. The highest BCUT2D eigenvalue weighted by Gasteiger charge is 2.50. The lowest BCUT2D eigenvalue weighted by Gasteiger charge is -2.22. The topological polar surface area (TPSA) is 121 Å². The van der Waals surface area contributed by atoms with Crippen LogP contribution in [-0.2, 0) is 32.7 Å². The Morgan fingerprint density at radius 3 is 2.65 bits per heavy atom. The van der Waals surface area contributed by atoms with Gasteiger partial charge in [-0.15, -0.1) is 0 Å². The van der Waals surface area contributed by atoms with Gasteiger partial charge in [-0.2, -0.15) is 5.01 Å². The molecule has 1 saturated heterocycles. The van der Waals surface area contributed by atoms with Crippen LogP contribution < -0.4 is 10.7 Å². The van der Waals surface area contributed by atoms with E-state index in [1.54, 1.807) is 49.4 Å². The van der Waals surface area contributed by atoms with Crippen molar-refractivity contribution in [2.24, 2.45) is 0 Å². The molecular weight excluding hydrogens is 436 g/mol. The van der Waals surface area contributed by atoms with Crippen LogP contribution in [0.25, 0.3) is 10.9 Å². The van der Waals surface area contributed by atoms with E-state index >= 15 is 0 Å². The summed E-state index contributed by atoms with van der Waals surface area (Å²) in [7, 11) is 0. The number of imide groups is 1. The Labute approximate surface area is 195 Å². The minimum absolute atomic E-state index is 0.333. The van der Waals surface area contributed by atoms with E-state index in [1.165, 1.54) is 11.3 Å². The number of nitrogens with one attached hydrogen (secondary N) is 3. The maximum Gasteiger partial charge on any atom is 0.344 e. The van der Waals surface area contributed by atoms with Gasteiger partial charge in [-0.05, 0) is 61.9 Å². The molecule has 1 aliphatic heterocycles. The Kier molecular flexibility index (Phi) is 5.31. The average molecular weight is 460 g/mol. The predicted molar refractivity (Wildman–Crippen MR) is 123 cm³/mol. The van der Waals surface area contributed by atoms with Gasteiger partial charge >= 0.3 is 12.0 Å². The number of carbonyl (C=O) groups is 4. The Hall–Kier alpha value is -4.14. The number of H-pyrrole nitrogens is 1. The van der Waals surface area contributed by atoms with E-state index in [2.05, 4.69) is 15.7 Å². The van der Waals surface area contributed by atoms with Gasteiger partial charge in [0.2, 0.25) is 0 Å². The summed E-state index contributed by atoms with van der Waals surface area (Å²) in [6.45, 7) is 0.922. The van der Waals surface area contributed by atoms with Crippen LogP contribution in [0.4, 0.5) is 4.79 Å². The number of urea groups is 1. The van der Waals surface area contributed by atoms with Crippen molar-refractivity contribution in [3.8, 4) is 0 Å². The highest BCUT2D eigenvalue weighted by molar-refractivity contribution is 6.08. The van der Waals surface area contributed by atoms with E-state index in [1.807, 2.05) is 6.07 Å². The normalized spacial score (nSPS) is 19.6. The summed E-state index contributed by atoms with van der Waals surface area (Å²) in [6, 6.07) is 13.2. The SMILES string of the molecule is C[C@@]1(c2ccccc2)NC(=O)N(NC(=O)COC(=O)c2ccc3[nH]c4c(c3c2)CCCC4)C1=O. The number of fused-ring (bicyclic) bond motifs is 3. The van der Waals surface area contributed by atoms with Gasteiger partial charge in [-0.25, -0.2) is 9.59 Å². The van der Waals surface area contributed by atoms with Crippen molar-refractivity contribution >= 4 is 34.7 Å². The molecule has 1 atom stereocenters. The summed E-state index contributed by atoms with van der Waals surface area (Å²) in [5.74, 6) is -2.09. The van der Waals surface area contributed by atoms with E-state index in [0.29, 0.717) is 16.1 Å². The number of amides is 4. The van der Waals surface area contributed by atoms with Crippen LogP contribution in [0.15, 0.2) is 48.5 Å². The molecule has 34 heavy (non-hydrogen) atoms. The second-order valence-corrected chi connectivity index (χ2v) is 8.72. The van der Waals surface area contributed by atoms with Crippen molar-refractivity contribution in [2.45, 2.75) is 38.1 Å². The zero-order chi connectivity index (χ0) is 23.9. The maximum atomic E-state index is 12.9. The molecule has 2 aromatic carbocycles. The third-order valence-electron chi connectivity index (χ3n) is 6.45. The van der Waals surface area contributed by atoms with Crippen LogP contribution in [0, 0.1) is 0 Å². The number of benzene rings is 2. The van der Waals surface area contributed by atoms with Crippen molar-refractivity contribution in [1.29, 1.82) is 0 Å². The fourth-order valence-electron chi connectivity index (χ4n) is 4.61. The van der Waals surface area contributed by atoms with E-state index in [9.17, 15) is 19.2 Å². The Bertz CT molecular complexity index is 1320. The molecule has 0 unspecified atom stereocenters. The summed E-state index contributed by atoms with van der Waals surface area (Å²) in [5, 5.41) is 4.20. The first-order valence-electron chi connectivity index (χ1n) is 11.2. The number of ether oxygens (including phenoxy) is 1. The van der Waals surface area contributed by atoms with Crippen molar-refractivity contribution in [3.63, 3.8) is 0 Å². The third-order valence-corrected chi connectivity index (χ3v) is 6.45. The molecule has 0 radical (unpaired) electrons. The van der Waals surface area contributed by atoms with Crippen LogP contribution in [0.5, 0.6) is 0 Å². The number of nitrogens with zero attached hydrogens (tertiary/aromatic N) is 1. The number of carbonyl (C=O) groups excluding carboxylic acids is 4. The highest BCUT2D eigenvalue weighted by atomic mass is 16.5.